The van der Waals surface area contributed by atoms with Crippen molar-refractivity contribution >= 4 is 21.6 Å². The van der Waals surface area contributed by atoms with Gasteiger partial charge < -0.3 is 14.2 Å². The van der Waals surface area contributed by atoms with Crippen molar-refractivity contribution < 1.29 is 22.6 Å². The summed E-state index contributed by atoms with van der Waals surface area (Å²) in [7, 11) is -2.24. The summed E-state index contributed by atoms with van der Waals surface area (Å²) in [4.78, 5) is 0.0961. The number of benzene rings is 2. The molecule has 0 N–H and O–H groups in total. The van der Waals surface area contributed by atoms with Crippen LogP contribution in [0.15, 0.2) is 41.3 Å². The molecule has 0 saturated carbocycles. The van der Waals surface area contributed by atoms with E-state index in [9.17, 15) is 8.42 Å². The summed E-state index contributed by atoms with van der Waals surface area (Å²) in [5, 5.41) is 0.357. The van der Waals surface area contributed by atoms with E-state index in [2.05, 4.69) is 0 Å². The van der Waals surface area contributed by atoms with Gasteiger partial charge in [-0.25, -0.2) is 8.42 Å². The van der Waals surface area contributed by atoms with Crippen molar-refractivity contribution in [3.63, 3.8) is 0 Å². The highest BCUT2D eigenvalue weighted by molar-refractivity contribution is 7.89. The summed E-state index contributed by atoms with van der Waals surface area (Å²) in [6.07, 6.45) is 0.738. The van der Waals surface area contributed by atoms with E-state index in [0.717, 1.165) is 17.7 Å². The molecule has 2 aliphatic heterocycles. The van der Waals surface area contributed by atoms with Gasteiger partial charge in [0.2, 0.25) is 16.8 Å². The average molecular weight is 396 g/mol. The van der Waals surface area contributed by atoms with Gasteiger partial charge in [-0.3, -0.25) is 0 Å². The molecule has 0 amide bonds. The molecule has 2 heterocycles. The molecule has 1 fully saturated rings. The Kier molecular flexibility index (Phi) is 4.46. The number of hydrogen-bond acceptors (Lipinski definition) is 5. The van der Waals surface area contributed by atoms with E-state index < -0.39 is 10.0 Å². The predicted octanol–water partition coefficient (Wildman–Crippen LogP) is 3.26. The van der Waals surface area contributed by atoms with Crippen LogP contribution >= 0.6 is 11.6 Å². The van der Waals surface area contributed by atoms with Crippen molar-refractivity contribution in [1.29, 1.82) is 0 Å². The molecule has 2 aromatic carbocycles. The Labute approximate surface area is 157 Å². The number of rotatable bonds is 4. The Morgan fingerprint density at radius 2 is 1.96 bits per heavy atom. The number of sulfonamides is 1. The monoisotopic (exact) mass is 395 g/mol. The Morgan fingerprint density at radius 1 is 1.15 bits per heavy atom. The van der Waals surface area contributed by atoms with Gasteiger partial charge in [0.05, 0.1) is 7.11 Å². The van der Waals surface area contributed by atoms with Gasteiger partial charge in [0.1, 0.15) is 10.6 Å². The molecule has 1 saturated heterocycles. The summed E-state index contributed by atoms with van der Waals surface area (Å²) in [6, 6.07) is 10.4. The van der Waals surface area contributed by atoms with Gasteiger partial charge in [-0.1, -0.05) is 17.7 Å². The molecule has 6 nitrogen and oxygen atoms in total. The molecule has 26 heavy (non-hydrogen) atoms. The quantitative estimate of drug-likeness (QED) is 0.795. The third-order valence-corrected chi connectivity index (χ3v) is 6.88. The molecular formula is C18H18ClNO5S. The second-order valence-corrected chi connectivity index (χ2v) is 8.60. The standard InChI is InChI=1S/C18H18ClNO5S/c1-23-16-5-3-14(19)9-18(16)26(21,22)20-7-6-13(10-20)12-2-4-15-17(8-12)25-11-24-15/h2-5,8-9,13H,6-7,10-11H2,1H3/t13-/m0/s1. The molecule has 2 aromatic rings. The van der Waals surface area contributed by atoms with E-state index in [1.165, 1.54) is 17.5 Å². The van der Waals surface area contributed by atoms with Crippen LogP contribution in [0.4, 0.5) is 0 Å². The van der Waals surface area contributed by atoms with Gasteiger partial charge in [-0.15, -0.1) is 0 Å². The molecule has 0 unspecified atom stereocenters. The largest absolute Gasteiger partial charge is 0.495 e. The second kappa shape index (κ2) is 6.64. The van der Waals surface area contributed by atoms with Crippen LogP contribution in [0.25, 0.3) is 0 Å². The van der Waals surface area contributed by atoms with E-state index in [0.29, 0.717) is 29.6 Å². The third kappa shape index (κ3) is 3.00. The number of nitrogens with zero attached hydrogens (tertiary/aromatic N) is 1. The van der Waals surface area contributed by atoms with Crippen molar-refractivity contribution in [2.24, 2.45) is 0 Å². The van der Waals surface area contributed by atoms with Crippen LogP contribution in [0.5, 0.6) is 17.2 Å². The van der Waals surface area contributed by atoms with Crippen LogP contribution in [0.3, 0.4) is 0 Å². The van der Waals surface area contributed by atoms with Gasteiger partial charge in [0.25, 0.3) is 0 Å². The lowest BCUT2D eigenvalue weighted by Gasteiger charge is -2.19. The molecule has 0 bridgehead atoms. The maximum Gasteiger partial charge on any atom is 0.246 e. The van der Waals surface area contributed by atoms with Crippen LogP contribution in [-0.2, 0) is 10.0 Å². The van der Waals surface area contributed by atoms with Crippen LogP contribution in [0.1, 0.15) is 17.9 Å². The molecule has 1 atom stereocenters. The number of fused-ring (bicyclic) bond motifs is 1. The molecule has 138 valence electrons. The first kappa shape index (κ1) is 17.5. The molecule has 2 aliphatic rings. The minimum atomic E-state index is -3.69. The van der Waals surface area contributed by atoms with E-state index in [4.69, 9.17) is 25.8 Å². The lowest BCUT2D eigenvalue weighted by molar-refractivity contribution is 0.174. The zero-order chi connectivity index (χ0) is 18.3. The fourth-order valence-corrected chi connectivity index (χ4v) is 5.30. The van der Waals surface area contributed by atoms with Crippen LogP contribution < -0.4 is 14.2 Å². The smallest absolute Gasteiger partial charge is 0.246 e. The Balaban J connectivity index is 1.59. The Bertz CT molecular complexity index is 947. The zero-order valence-electron chi connectivity index (χ0n) is 14.1. The zero-order valence-corrected chi connectivity index (χ0v) is 15.7. The van der Waals surface area contributed by atoms with Crippen LogP contribution in [-0.4, -0.2) is 39.7 Å². The average Bonchev–Trinajstić information content (AvgIpc) is 3.30. The molecule has 4 rings (SSSR count). The van der Waals surface area contributed by atoms with Gasteiger partial charge in [-0.05, 0) is 48.2 Å². The van der Waals surface area contributed by atoms with Crippen molar-refractivity contribution in [1.82, 2.24) is 4.31 Å². The maximum absolute atomic E-state index is 13.1. The minimum absolute atomic E-state index is 0.0961. The van der Waals surface area contributed by atoms with Gasteiger partial charge in [0.15, 0.2) is 11.5 Å². The molecular weight excluding hydrogens is 378 g/mol. The first-order chi connectivity index (χ1) is 12.5. The fourth-order valence-electron chi connectivity index (χ4n) is 3.38. The lowest BCUT2D eigenvalue weighted by Crippen LogP contribution is -2.29. The van der Waals surface area contributed by atoms with Crippen LogP contribution in [0, 0.1) is 0 Å². The lowest BCUT2D eigenvalue weighted by atomic mass is 9.98. The van der Waals surface area contributed by atoms with Crippen LogP contribution in [0.2, 0.25) is 5.02 Å². The molecule has 8 heteroatoms. The highest BCUT2D eigenvalue weighted by atomic mass is 35.5. The number of methoxy groups -OCH3 is 1. The number of hydrogen-bond donors (Lipinski definition) is 0. The third-order valence-electron chi connectivity index (χ3n) is 4.76. The SMILES string of the molecule is COc1ccc(Cl)cc1S(=O)(=O)N1CC[C@H](c2ccc3c(c2)OCO3)C1. The first-order valence-corrected chi connectivity index (χ1v) is 10.0. The van der Waals surface area contributed by atoms with Crippen molar-refractivity contribution in [2.75, 3.05) is 27.0 Å². The molecule has 0 spiro atoms. The Morgan fingerprint density at radius 3 is 2.77 bits per heavy atom. The van der Waals surface area contributed by atoms with Gasteiger partial charge in [0, 0.05) is 18.1 Å². The van der Waals surface area contributed by atoms with Crippen molar-refractivity contribution in [3.8, 4) is 17.2 Å². The molecule has 0 radical (unpaired) electrons. The Hall–Kier alpha value is -1.96. The number of halogens is 1. The van der Waals surface area contributed by atoms with E-state index in [1.54, 1.807) is 12.1 Å². The highest BCUT2D eigenvalue weighted by Gasteiger charge is 2.35. The highest BCUT2D eigenvalue weighted by Crippen LogP contribution is 2.39. The second-order valence-electron chi connectivity index (χ2n) is 6.26. The molecule has 0 aliphatic carbocycles. The van der Waals surface area contributed by atoms with Gasteiger partial charge >= 0.3 is 0 Å². The summed E-state index contributed by atoms with van der Waals surface area (Å²) < 4.78 is 43.6. The van der Waals surface area contributed by atoms with E-state index in [-0.39, 0.29) is 17.6 Å². The number of ether oxygens (including phenoxy) is 3. The summed E-state index contributed by atoms with van der Waals surface area (Å²) in [5.74, 6) is 1.82. The normalized spacial score (nSPS) is 19.7. The fraction of sp³-hybridized carbons (Fsp3) is 0.333. The van der Waals surface area contributed by atoms with E-state index in [1.807, 2.05) is 18.2 Å². The minimum Gasteiger partial charge on any atom is -0.495 e. The van der Waals surface area contributed by atoms with E-state index >= 15 is 0 Å². The summed E-state index contributed by atoms with van der Waals surface area (Å²) >= 11 is 6.00. The van der Waals surface area contributed by atoms with Crippen molar-refractivity contribution in [3.05, 3.63) is 47.0 Å². The van der Waals surface area contributed by atoms with Crippen molar-refractivity contribution in [2.45, 2.75) is 17.2 Å². The van der Waals surface area contributed by atoms with Gasteiger partial charge in [-0.2, -0.15) is 4.31 Å². The summed E-state index contributed by atoms with van der Waals surface area (Å²) in [6.45, 7) is 1.06. The molecule has 0 aromatic heterocycles. The first-order valence-electron chi connectivity index (χ1n) is 8.22. The predicted molar refractivity (Wildman–Crippen MR) is 96.7 cm³/mol. The maximum atomic E-state index is 13.1. The topological polar surface area (TPSA) is 65.1 Å². The summed E-state index contributed by atoms with van der Waals surface area (Å²) in [5.41, 5.74) is 1.05.